The number of imidazole rings is 1. The van der Waals surface area contributed by atoms with Crippen molar-refractivity contribution in [3.8, 4) is 44.5 Å². The maximum Gasteiger partial charge on any atom is 0.310 e. The van der Waals surface area contributed by atoms with Crippen LogP contribution in [0.25, 0.3) is 137 Å². The van der Waals surface area contributed by atoms with E-state index in [1.807, 2.05) is 24.3 Å². The van der Waals surface area contributed by atoms with Gasteiger partial charge in [-0.25, -0.2) is 4.40 Å². The highest BCUT2D eigenvalue weighted by Crippen LogP contribution is 2.40. The summed E-state index contributed by atoms with van der Waals surface area (Å²) in [6.45, 7) is 0. The van der Waals surface area contributed by atoms with Crippen LogP contribution in [0.3, 0.4) is 0 Å². The third-order valence-corrected chi connectivity index (χ3v) is 13.8. The Morgan fingerprint density at radius 1 is 0.303 bits per heavy atom. The number of rotatable bonds is 4. The molecule has 4 nitrogen and oxygen atoms in total. The number of nitrogens with zero attached hydrogens (tertiary/aromatic N) is 2. The van der Waals surface area contributed by atoms with Crippen LogP contribution in [0.1, 0.15) is 0 Å². The minimum absolute atomic E-state index is 0.160. The fourth-order valence-electron chi connectivity index (χ4n) is 10.6. The summed E-state index contributed by atoms with van der Waals surface area (Å²) in [4.78, 5) is 19.3. The lowest BCUT2D eigenvalue weighted by Gasteiger charge is -2.12. The van der Waals surface area contributed by atoms with Crippen molar-refractivity contribution in [3.63, 3.8) is 0 Å². The van der Waals surface area contributed by atoms with Gasteiger partial charge in [-0.1, -0.05) is 170 Å². The van der Waals surface area contributed by atoms with Gasteiger partial charge < -0.3 is 4.42 Å². The van der Waals surface area contributed by atoms with Gasteiger partial charge in [-0.15, -0.1) is 0 Å². The number of fused-ring (bicyclic) bond motifs is 16. The molecule has 0 saturated carbocycles. The zero-order chi connectivity index (χ0) is 43.5. The first kappa shape index (κ1) is 36.6. The highest BCUT2D eigenvalue weighted by molar-refractivity contribution is 6.27. The smallest absolute Gasteiger partial charge is 0.310 e. The second-order valence-electron chi connectivity index (χ2n) is 17.4. The molecule has 14 rings (SSSR count). The molecule has 2 aromatic heterocycles. The van der Waals surface area contributed by atoms with E-state index in [0.29, 0.717) is 22.0 Å². The third kappa shape index (κ3) is 5.52. The van der Waals surface area contributed by atoms with E-state index >= 15 is 0 Å². The molecule has 306 valence electrons. The Morgan fingerprint density at radius 2 is 0.652 bits per heavy atom. The lowest BCUT2D eigenvalue weighted by molar-refractivity contribution is 0.616. The molecular weight excluding hydrogens is 805 g/mol. The molecule has 0 saturated heterocycles. The summed E-state index contributed by atoms with van der Waals surface area (Å²) in [5, 5.41) is 15.6. The largest absolute Gasteiger partial charge is 0.424 e. The molecule has 0 radical (unpaired) electrons. The molecule has 0 N–H and O–H groups in total. The SMILES string of the molecule is O=c1c2cc(-c3cccc(-c4ccc5c6ccccc6c6ccccc6c5c4)c3)ccc2oc2nc3cc(-c4cccc(-c5ccc6c7ccccc7c7ccccc7c6c5)c4)ccc3n12. The van der Waals surface area contributed by atoms with Crippen molar-refractivity contribution in [2.75, 3.05) is 0 Å². The summed E-state index contributed by atoms with van der Waals surface area (Å²) in [6.07, 6.45) is 0. The van der Waals surface area contributed by atoms with E-state index in [-0.39, 0.29) is 11.4 Å². The highest BCUT2D eigenvalue weighted by Gasteiger charge is 2.17. The van der Waals surface area contributed by atoms with Gasteiger partial charge in [-0.3, -0.25) is 4.79 Å². The monoisotopic (exact) mass is 840 g/mol. The lowest BCUT2D eigenvalue weighted by Crippen LogP contribution is -2.12. The molecule has 0 fully saturated rings. The second kappa shape index (κ2) is 14.1. The first-order valence-electron chi connectivity index (χ1n) is 22.4. The van der Waals surface area contributed by atoms with Crippen molar-refractivity contribution in [1.29, 1.82) is 0 Å². The van der Waals surface area contributed by atoms with Gasteiger partial charge in [0.2, 0.25) is 0 Å². The number of benzene rings is 12. The summed E-state index contributed by atoms with van der Waals surface area (Å²) < 4.78 is 7.97. The van der Waals surface area contributed by atoms with Gasteiger partial charge >= 0.3 is 5.84 Å². The van der Waals surface area contributed by atoms with Crippen LogP contribution < -0.4 is 5.56 Å². The number of hydrogen-bond acceptors (Lipinski definition) is 3. The molecule has 4 heteroatoms. The van der Waals surface area contributed by atoms with E-state index < -0.39 is 0 Å². The van der Waals surface area contributed by atoms with E-state index in [4.69, 9.17) is 9.40 Å². The quantitative estimate of drug-likeness (QED) is 0.166. The summed E-state index contributed by atoms with van der Waals surface area (Å²) >= 11 is 0. The Morgan fingerprint density at radius 3 is 1.11 bits per heavy atom. The Hall–Kier alpha value is -8.86. The lowest BCUT2D eigenvalue weighted by atomic mass is 9.91. The topological polar surface area (TPSA) is 47.5 Å². The Kier molecular flexibility index (Phi) is 7.80. The summed E-state index contributed by atoms with van der Waals surface area (Å²) in [5.41, 5.74) is 10.3. The van der Waals surface area contributed by atoms with Gasteiger partial charge in [0.1, 0.15) is 5.58 Å². The van der Waals surface area contributed by atoms with Crippen LogP contribution in [0.4, 0.5) is 0 Å². The van der Waals surface area contributed by atoms with Crippen molar-refractivity contribution in [3.05, 3.63) is 229 Å². The molecule has 12 aromatic carbocycles. The Bertz CT molecular complexity index is 4370. The van der Waals surface area contributed by atoms with Crippen LogP contribution in [0.5, 0.6) is 0 Å². The predicted octanol–water partition coefficient (Wildman–Crippen LogP) is 16.2. The molecule has 0 aliphatic carbocycles. The molecule has 2 heterocycles. The fourth-order valence-corrected chi connectivity index (χ4v) is 10.6. The van der Waals surface area contributed by atoms with E-state index in [9.17, 15) is 4.79 Å². The minimum atomic E-state index is -0.160. The van der Waals surface area contributed by atoms with E-state index in [2.05, 4.69) is 194 Å². The van der Waals surface area contributed by atoms with Crippen LogP contribution in [0.15, 0.2) is 228 Å². The van der Waals surface area contributed by atoms with Crippen LogP contribution in [0, 0.1) is 0 Å². The normalized spacial score (nSPS) is 12.0. The van der Waals surface area contributed by atoms with Gasteiger partial charge in [0, 0.05) is 0 Å². The molecule has 0 unspecified atom stereocenters. The second-order valence-corrected chi connectivity index (χ2v) is 17.4. The van der Waals surface area contributed by atoms with E-state index in [0.717, 1.165) is 44.5 Å². The van der Waals surface area contributed by atoms with E-state index in [1.54, 1.807) is 4.40 Å². The Labute approximate surface area is 377 Å². The highest BCUT2D eigenvalue weighted by atomic mass is 16.4. The predicted molar refractivity (Wildman–Crippen MR) is 276 cm³/mol. The van der Waals surface area contributed by atoms with Gasteiger partial charge in [0.15, 0.2) is 0 Å². The van der Waals surface area contributed by atoms with Crippen LogP contribution in [-0.2, 0) is 0 Å². The molecular formula is C62H36N2O2. The van der Waals surface area contributed by atoms with Crippen LogP contribution >= 0.6 is 0 Å². The Balaban J connectivity index is 0.822. The summed E-state index contributed by atoms with van der Waals surface area (Å²) in [5.74, 6) is 0.274. The molecule has 0 amide bonds. The fraction of sp³-hybridized carbons (Fsp3) is 0. The van der Waals surface area contributed by atoms with Crippen LogP contribution in [0.2, 0.25) is 0 Å². The van der Waals surface area contributed by atoms with Gasteiger partial charge in [-0.05, 0) is 158 Å². The first-order chi connectivity index (χ1) is 32.6. The third-order valence-electron chi connectivity index (χ3n) is 13.8. The molecule has 0 bridgehead atoms. The number of hydrogen-bond donors (Lipinski definition) is 0. The molecule has 0 atom stereocenters. The van der Waals surface area contributed by atoms with Gasteiger partial charge in [0.05, 0.1) is 16.4 Å². The van der Waals surface area contributed by atoms with Crippen molar-refractivity contribution in [2.45, 2.75) is 0 Å². The molecule has 0 spiro atoms. The minimum Gasteiger partial charge on any atom is -0.424 e. The maximum absolute atomic E-state index is 14.4. The first-order valence-corrected chi connectivity index (χ1v) is 22.4. The molecule has 66 heavy (non-hydrogen) atoms. The zero-order valence-corrected chi connectivity index (χ0v) is 35.5. The van der Waals surface area contributed by atoms with Gasteiger partial charge in [-0.2, -0.15) is 4.98 Å². The average Bonchev–Trinajstić information content (AvgIpc) is 3.76. The van der Waals surface area contributed by atoms with Crippen molar-refractivity contribution >= 4 is 92.5 Å². The molecule has 0 aliphatic rings. The number of aromatic nitrogens is 2. The van der Waals surface area contributed by atoms with E-state index in [1.165, 1.54) is 64.6 Å². The van der Waals surface area contributed by atoms with Crippen molar-refractivity contribution in [1.82, 2.24) is 9.38 Å². The average molecular weight is 841 g/mol. The van der Waals surface area contributed by atoms with Gasteiger partial charge in [0.25, 0.3) is 5.56 Å². The maximum atomic E-state index is 14.4. The molecule has 0 aliphatic heterocycles. The van der Waals surface area contributed by atoms with Crippen molar-refractivity contribution in [2.24, 2.45) is 0 Å². The summed E-state index contributed by atoms with van der Waals surface area (Å²) in [7, 11) is 0. The standard InChI is InChI=1S/C62H36N2O2/c65-61-57-35-43(39-13-9-11-37(31-39)41-23-27-53-49-19-3-1-15-45(49)47-17-5-7-21-51(47)55(53)33-41)26-30-60(57)66-62-63-58-36-44(25-29-59(58)64(61)62)40-14-10-12-38(32-40)42-24-28-54-50-20-4-2-16-46(50)48-18-6-8-22-52(48)56(54)34-42/h1-36H. The van der Waals surface area contributed by atoms with Crippen molar-refractivity contribution < 1.29 is 4.42 Å². The van der Waals surface area contributed by atoms with Crippen LogP contribution in [-0.4, -0.2) is 9.38 Å². The molecule has 14 aromatic rings. The zero-order valence-electron chi connectivity index (χ0n) is 35.5. The summed E-state index contributed by atoms with van der Waals surface area (Å²) in [6, 6.07) is 77.4.